The Morgan fingerprint density at radius 3 is 2.35 bits per heavy atom. The summed E-state index contributed by atoms with van der Waals surface area (Å²) >= 11 is 6.24. The second-order valence-electron chi connectivity index (χ2n) is 7.50. The van der Waals surface area contributed by atoms with Gasteiger partial charge in [0.15, 0.2) is 0 Å². The van der Waals surface area contributed by atoms with E-state index in [0.29, 0.717) is 16.3 Å². The monoisotopic (exact) mass is 434 g/mol. The first kappa shape index (κ1) is 20.8. The van der Waals surface area contributed by atoms with E-state index in [2.05, 4.69) is 5.32 Å². The quantitative estimate of drug-likeness (QED) is 0.528. The Labute approximate surface area is 185 Å². The van der Waals surface area contributed by atoms with Crippen LogP contribution < -0.4 is 10.2 Å². The van der Waals surface area contributed by atoms with E-state index in [9.17, 15) is 14.0 Å². The van der Waals surface area contributed by atoms with Crippen LogP contribution in [0.5, 0.6) is 0 Å². The maximum atomic E-state index is 14.5. The van der Waals surface area contributed by atoms with Crippen LogP contribution in [0.2, 0.25) is 5.02 Å². The largest absolute Gasteiger partial charge is 0.350 e. The van der Waals surface area contributed by atoms with Gasteiger partial charge in [-0.05, 0) is 61.7 Å². The van der Waals surface area contributed by atoms with Gasteiger partial charge in [-0.1, -0.05) is 53.6 Å². The van der Waals surface area contributed by atoms with Gasteiger partial charge in [0.25, 0.3) is 11.8 Å². The van der Waals surface area contributed by atoms with Gasteiger partial charge in [0.05, 0.1) is 11.3 Å². The summed E-state index contributed by atoms with van der Waals surface area (Å²) in [6, 6.07) is 16.6. The van der Waals surface area contributed by atoms with E-state index in [1.165, 1.54) is 18.2 Å². The van der Waals surface area contributed by atoms with Gasteiger partial charge in [0, 0.05) is 10.7 Å². The molecule has 156 valence electrons. The zero-order valence-electron chi connectivity index (χ0n) is 17.3. The fourth-order valence-corrected chi connectivity index (χ4v) is 3.89. The summed E-state index contributed by atoms with van der Waals surface area (Å²) in [4.78, 5) is 27.8. The van der Waals surface area contributed by atoms with Gasteiger partial charge in [0.1, 0.15) is 11.5 Å². The molecule has 1 N–H and O–H groups in total. The van der Waals surface area contributed by atoms with Gasteiger partial charge >= 0.3 is 0 Å². The molecule has 1 aliphatic rings. The van der Waals surface area contributed by atoms with Gasteiger partial charge in [-0.3, -0.25) is 9.59 Å². The third kappa shape index (κ3) is 3.62. The number of nitrogens with one attached hydrogen (secondary N) is 1. The fourth-order valence-electron chi connectivity index (χ4n) is 3.72. The molecule has 0 aliphatic carbocycles. The molecule has 3 aromatic rings. The Morgan fingerprint density at radius 1 is 0.903 bits per heavy atom. The number of carbonyl (C=O) groups is 2. The lowest BCUT2D eigenvalue weighted by Gasteiger charge is -2.16. The molecule has 0 spiro atoms. The number of nitrogens with zero attached hydrogens (tertiary/aromatic N) is 1. The Morgan fingerprint density at radius 2 is 1.65 bits per heavy atom. The number of carbonyl (C=O) groups excluding carboxylic acids is 2. The molecule has 0 fully saturated rings. The van der Waals surface area contributed by atoms with Crippen LogP contribution in [0, 0.1) is 26.6 Å². The summed E-state index contributed by atoms with van der Waals surface area (Å²) < 4.78 is 14.5. The summed E-state index contributed by atoms with van der Waals surface area (Å²) in [5, 5.41) is 3.63. The third-order valence-electron chi connectivity index (χ3n) is 5.36. The molecule has 0 unspecified atom stereocenters. The molecule has 1 aliphatic heterocycles. The van der Waals surface area contributed by atoms with E-state index >= 15 is 0 Å². The van der Waals surface area contributed by atoms with Crippen molar-refractivity contribution in [3.8, 4) is 0 Å². The number of anilines is 2. The van der Waals surface area contributed by atoms with Gasteiger partial charge in [0.2, 0.25) is 0 Å². The molecular weight excluding hydrogens is 415 g/mol. The molecule has 31 heavy (non-hydrogen) atoms. The molecular formula is C25H20ClFN2O2. The summed E-state index contributed by atoms with van der Waals surface area (Å²) in [6.07, 6.45) is 0. The highest BCUT2D eigenvalue weighted by Crippen LogP contribution is 2.37. The summed E-state index contributed by atoms with van der Waals surface area (Å²) in [6.45, 7) is 5.64. The molecule has 6 heteroatoms. The van der Waals surface area contributed by atoms with E-state index in [0.717, 1.165) is 21.6 Å². The molecule has 0 atom stereocenters. The molecule has 3 aromatic carbocycles. The predicted octanol–water partition coefficient (Wildman–Crippen LogP) is 5.80. The average Bonchev–Trinajstić information content (AvgIpc) is 2.96. The molecule has 0 saturated heterocycles. The maximum absolute atomic E-state index is 14.5. The minimum Gasteiger partial charge on any atom is -0.350 e. The van der Waals surface area contributed by atoms with E-state index in [1.807, 2.05) is 39.0 Å². The van der Waals surface area contributed by atoms with Gasteiger partial charge in [-0.25, -0.2) is 9.29 Å². The van der Waals surface area contributed by atoms with Crippen LogP contribution in [0.25, 0.3) is 5.57 Å². The molecule has 4 nitrogen and oxygen atoms in total. The minimum absolute atomic E-state index is 0.0839. The molecule has 1 heterocycles. The van der Waals surface area contributed by atoms with Crippen molar-refractivity contribution in [2.24, 2.45) is 0 Å². The number of imide groups is 1. The topological polar surface area (TPSA) is 49.4 Å². The lowest BCUT2D eigenvalue weighted by Crippen LogP contribution is -2.33. The highest BCUT2D eigenvalue weighted by Gasteiger charge is 2.41. The van der Waals surface area contributed by atoms with Crippen molar-refractivity contribution in [1.29, 1.82) is 0 Å². The molecule has 4 rings (SSSR count). The Hall–Kier alpha value is -3.44. The van der Waals surface area contributed by atoms with Crippen molar-refractivity contribution in [2.75, 3.05) is 10.2 Å². The number of amides is 2. The van der Waals surface area contributed by atoms with Crippen LogP contribution in [-0.2, 0) is 9.59 Å². The SMILES string of the molecule is Cc1ccc(C2=C(Nc3cccc(Cl)c3C)C(=O)N(c3ccccc3F)C2=O)c(C)c1. The predicted molar refractivity (Wildman–Crippen MR) is 122 cm³/mol. The summed E-state index contributed by atoms with van der Waals surface area (Å²) in [7, 11) is 0. The van der Waals surface area contributed by atoms with Crippen LogP contribution in [0.3, 0.4) is 0 Å². The lowest BCUT2D eigenvalue weighted by molar-refractivity contribution is -0.120. The van der Waals surface area contributed by atoms with Crippen molar-refractivity contribution in [3.63, 3.8) is 0 Å². The van der Waals surface area contributed by atoms with Gasteiger partial charge < -0.3 is 5.32 Å². The molecule has 0 radical (unpaired) electrons. The highest BCUT2D eigenvalue weighted by atomic mass is 35.5. The number of para-hydroxylation sites is 1. The smallest absolute Gasteiger partial charge is 0.282 e. The highest BCUT2D eigenvalue weighted by molar-refractivity contribution is 6.46. The van der Waals surface area contributed by atoms with Crippen molar-refractivity contribution in [1.82, 2.24) is 0 Å². The second kappa shape index (κ2) is 8.00. The average molecular weight is 435 g/mol. The number of benzene rings is 3. The number of rotatable bonds is 4. The van der Waals surface area contributed by atoms with Crippen LogP contribution in [0.15, 0.2) is 66.4 Å². The first-order chi connectivity index (χ1) is 14.8. The maximum Gasteiger partial charge on any atom is 0.282 e. The molecule has 2 amide bonds. The number of hydrogen-bond donors (Lipinski definition) is 1. The zero-order chi connectivity index (χ0) is 22.3. The zero-order valence-corrected chi connectivity index (χ0v) is 18.0. The lowest BCUT2D eigenvalue weighted by atomic mass is 9.97. The van der Waals surface area contributed by atoms with E-state index in [1.54, 1.807) is 24.3 Å². The van der Waals surface area contributed by atoms with Crippen LogP contribution >= 0.6 is 11.6 Å². The van der Waals surface area contributed by atoms with Crippen LogP contribution in [0.1, 0.15) is 22.3 Å². The molecule has 0 bridgehead atoms. The fraction of sp³-hybridized carbons (Fsp3) is 0.120. The van der Waals surface area contributed by atoms with Crippen molar-refractivity contribution in [3.05, 3.63) is 99.5 Å². The van der Waals surface area contributed by atoms with Gasteiger partial charge in [-0.15, -0.1) is 0 Å². The second-order valence-corrected chi connectivity index (χ2v) is 7.91. The van der Waals surface area contributed by atoms with E-state index < -0.39 is 17.6 Å². The van der Waals surface area contributed by atoms with Crippen LogP contribution in [0.4, 0.5) is 15.8 Å². The van der Waals surface area contributed by atoms with Crippen molar-refractivity contribution < 1.29 is 14.0 Å². The molecule has 0 aromatic heterocycles. The van der Waals surface area contributed by atoms with Crippen molar-refractivity contribution >= 4 is 40.4 Å². The third-order valence-corrected chi connectivity index (χ3v) is 5.77. The first-order valence-corrected chi connectivity index (χ1v) is 10.1. The molecule has 0 saturated carbocycles. The van der Waals surface area contributed by atoms with E-state index in [4.69, 9.17) is 11.6 Å². The normalized spacial score (nSPS) is 13.9. The Balaban J connectivity index is 1.91. The summed E-state index contributed by atoms with van der Waals surface area (Å²) in [5.74, 6) is -1.85. The standard InChI is InChI=1S/C25H20ClFN2O2/c1-14-11-12-17(15(2)13-14)22-23(28-20-9-6-7-18(26)16(20)3)25(31)29(24(22)30)21-10-5-4-8-19(21)27/h4-13,28H,1-3H3. The van der Waals surface area contributed by atoms with E-state index in [-0.39, 0.29) is 17.0 Å². The number of hydrogen-bond acceptors (Lipinski definition) is 3. The first-order valence-electron chi connectivity index (χ1n) is 9.77. The Bertz CT molecular complexity index is 1270. The van der Waals surface area contributed by atoms with Crippen molar-refractivity contribution in [2.45, 2.75) is 20.8 Å². The Kier molecular flexibility index (Phi) is 5.38. The number of aryl methyl sites for hydroxylation is 2. The van der Waals surface area contributed by atoms with Crippen LogP contribution in [-0.4, -0.2) is 11.8 Å². The number of halogens is 2. The summed E-state index contributed by atoms with van der Waals surface area (Å²) in [5.41, 5.74) is 4.03. The van der Waals surface area contributed by atoms with Gasteiger partial charge in [-0.2, -0.15) is 0 Å². The minimum atomic E-state index is -0.649.